The molecule has 2 atom stereocenters. The Morgan fingerprint density at radius 1 is 1.15 bits per heavy atom. The molecule has 0 spiro atoms. The van der Waals surface area contributed by atoms with Gasteiger partial charge in [0.25, 0.3) is 0 Å². The van der Waals surface area contributed by atoms with Crippen LogP contribution in [0.15, 0.2) is 28.6 Å². The van der Waals surface area contributed by atoms with Crippen LogP contribution in [0.3, 0.4) is 0 Å². The highest BCUT2D eigenvalue weighted by Crippen LogP contribution is 2.37. The normalized spacial score (nSPS) is 14.5. The van der Waals surface area contributed by atoms with Crippen molar-refractivity contribution in [3.05, 3.63) is 29.3 Å². The minimum atomic E-state index is 0.363. The fourth-order valence-corrected chi connectivity index (χ4v) is 5.01. The zero-order valence-corrected chi connectivity index (χ0v) is 13.6. The molecule has 104 valence electrons. The largest absolute Gasteiger partial charge is 0.374 e. The minimum Gasteiger partial charge on any atom is -0.374 e. The zero-order valence-electron chi connectivity index (χ0n) is 11.1. The number of benzene rings is 1. The summed E-state index contributed by atoms with van der Waals surface area (Å²) >= 11 is 4.91. The number of hydrogen-bond donors (Lipinski definition) is 1. The molecule has 0 radical (unpaired) electrons. The van der Waals surface area contributed by atoms with Gasteiger partial charge in [0.1, 0.15) is 0 Å². The van der Waals surface area contributed by atoms with Crippen LogP contribution < -0.4 is 5.73 Å². The molecule has 2 aromatic heterocycles. The van der Waals surface area contributed by atoms with Crippen LogP contribution in [0.1, 0.15) is 24.8 Å². The van der Waals surface area contributed by atoms with Crippen LogP contribution in [-0.2, 0) is 0 Å². The van der Waals surface area contributed by atoms with Crippen molar-refractivity contribution in [2.45, 2.75) is 29.4 Å². The number of fused-ring (bicyclic) bond motifs is 1. The fourth-order valence-electron chi connectivity index (χ4n) is 1.81. The number of rotatable bonds is 4. The Hall–Kier alpha value is -1.18. The third-order valence-corrected chi connectivity index (χ3v) is 6.50. The van der Waals surface area contributed by atoms with Crippen LogP contribution in [0.5, 0.6) is 0 Å². The zero-order chi connectivity index (χ0) is 14.1. The predicted octanol–water partition coefficient (Wildman–Crippen LogP) is 4.01. The van der Waals surface area contributed by atoms with E-state index in [1.807, 2.05) is 6.07 Å². The second-order valence-corrected chi connectivity index (χ2v) is 8.23. The number of anilines is 1. The lowest BCUT2D eigenvalue weighted by atomic mass is 10.1. The van der Waals surface area contributed by atoms with Gasteiger partial charge >= 0.3 is 0 Å². The smallest absolute Gasteiger partial charge is 0.203 e. The molecule has 0 aliphatic heterocycles. The van der Waals surface area contributed by atoms with Gasteiger partial charge in [0, 0.05) is 11.2 Å². The van der Waals surface area contributed by atoms with Crippen molar-refractivity contribution < 1.29 is 0 Å². The fraction of sp³-hybridized carbons (Fsp3) is 0.308. The molecule has 0 bridgehead atoms. The Labute approximate surface area is 129 Å². The van der Waals surface area contributed by atoms with Gasteiger partial charge in [0.05, 0.1) is 15.2 Å². The summed E-state index contributed by atoms with van der Waals surface area (Å²) in [6, 6.07) is 8.26. The van der Waals surface area contributed by atoms with E-state index in [9.17, 15) is 0 Å². The van der Waals surface area contributed by atoms with Gasteiger partial charge in [-0.15, -0.1) is 21.5 Å². The van der Waals surface area contributed by atoms with Crippen molar-refractivity contribution in [1.29, 1.82) is 0 Å². The summed E-state index contributed by atoms with van der Waals surface area (Å²) in [5.41, 5.74) is 6.69. The molecule has 0 saturated heterocycles. The maximum absolute atomic E-state index is 5.61. The van der Waals surface area contributed by atoms with E-state index in [0.29, 0.717) is 16.3 Å². The number of thioether (sulfide) groups is 1. The summed E-state index contributed by atoms with van der Waals surface area (Å²) < 4.78 is 2.16. The summed E-state index contributed by atoms with van der Waals surface area (Å²) in [4.78, 5) is 4.73. The highest BCUT2D eigenvalue weighted by Gasteiger charge is 2.20. The topological polar surface area (TPSA) is 64.7 Å². The van der Waals surface area contributed by atoms with Gasteiger partial charge in [-0.3, -0.25) is 0 Å². The van der Waals surface area contributed by atoms with Gasteiger partial charge in [0.2, 0.25) is 5.13 Å². The minimum absolute atomic E-state index is 0.363. The molecule has 4 nitrogen and oxygen atoms in total. The number of nitrogens with zero attached hydrogens (tertiary/aromatic N) is 3. The maximum atomic E-state index is 5.61. The molecular weight excluding hydrogens is 308 g/mol. The molecule has 0 aliphatic carbocycles. The summed E-state index contributed by atoms with van der Waals surface area (Å²) in [7, 11) is 0. The molecule has 3 rings (SSSR count). The van der Waals surface area contributed by atoms with Crippen molar-refractivity contribution in [2.75, 3.05) is 5.73 Å². The van der Waals surface area contributed by atoms with E-state index in [0.717, 1.165) is 9.86 Å². The Kier molecular flexibility index (Phi) is 3.91. The second-order valence-electron chi connectivity index (χ2n) is 4.54. The van der Waals surface area contributed by atoms with E-state index in [4.69, 9.17) is 10.7 Å². The first-order valence-corrected chi connectivity index (χ1v) is 8.76. The Balaban J connectivity index is 1.78. The number of hydrogen-bond acceptors (Lipinski definition) is 7. The first-order chi connectivity index (χ1) is 9.63. The third kappa shape index (κ3) is 2.79. The van der Waals surface area contributed by atoms with Crippen LogP contribution in [0.25, 0.3) is 10.2 Å². The van der Waals surface area contributed by atoms with Crippen molar-refractivity contribution in [1.82, 2.24) is 15.2 Å². The standard InChI is InChI=1S/C13H14N4S3/c1-7(8(2)18-13-17-16-12(14)20-13)11-15-9-5-3-4-6-10(9)19-11/h3-8H,1-2H3,(H2,14,16)/t7-,8-/m1/s1. The first-order valence-electron chi connectivity index (χ1n) is 6.24. The van der Waals surface area contributed by atoms with E-state index in [2.05, 4.69) is 42.2 Å². The monoisotopic (exact) mass is 322 g/mol. The average Bonchev–Trinajstić information content (AvgIpc) is 3.03. The van der Waals surface area contributed by atoms with Crippen molar-refractivity contribution in [3.8, 4) is 0 Å². The van der Waals surface area contributed by atoms with Crippen LogP contribution >= 0.6 is 34.4 Å². The molecule has 0 amide bonds. The van der Waals surface area contributed by atoms with Crippen LogP contribution in [-0.4, -0.2) is 20.4 Å². The summed E-state index contributed by atoms with van der Waals surface area (Å²) in [6.07, 6.45) is 0. The molecule has 20 heavy (non-hydrogen) atoms. The Morgan fingerprint density at radius 3 is 2.65 bits per heavy atom. The van der Waals surface area contributed by atoms with Crippen LogP contribution in [0.2, 0.25) is 0 Å². The van der Waals surface area contributed by atoms with Gasteiger partial charge in [-0.2, -0.15) is 0 Å². The highest BCUT2D eigenvalue weighted by molar-refractivity contribution is 8.01. The summed E-state index contributed by atoms with van der Waals surface area (Å²) in [5, 5.41) is 9.98. The molecule has 0 unspecified atom stereocenters. The Bertz CT molecular complexity index is 688. The van der Waals surface area contributed by atoms with E-state index in [-0.39, 0.29) is 0 Å². The van der Waals surface area contributed by atoms with Crippen molar-refractivity contribution in [2.24, 2.45) is 0 Å². The van der Waals surface area contributed by atoms with Gasteiger partial charge in [-0.1, -0.05) is 49.1 Å². The number of aromatic nitrogens is 3. The molecule has 0 saturated carbocycles. The van der Waals surface area contributed by atoms with Crippen molar-refractivity contribution >= 4 is 49.8 Å². The SMILES string of the molecule is C[C@@H](Sc1nnc(N)s1)[C@@H](C)c1nc2ccccc2s1. The molecule has 2 N–H and O–H groups in total. The maximum Gasteiger partial charge on any atom is 0.203 e. The lowest BCUT2D eigenvalue weighted by Gasteiger charge is -2.15. The molecule has 3 aromatic rings. The Morgan fingerprint density at radius 2 is 1.95 bits per heavy atom. The average molecular weight is 322 g/mol. The van der Waals surface area contributed by atoms with E-state index >= 15 is 0 Å². The predicted molar refractivity (Wildman–Crippen MR) is 87.7 cm³/mol. The van der Waals surface area contributed by atoms with E-state index < -0.39 is 0 Å². The number of nitrogen functional groups attached to an aromatic ring is 1. The quantitative estimate of drug-likeness (QED) is 0.735. The molecule has 7 heteroatoms. The number of para-hydroxylation sites is 1. The lowest BCUT2D eigenvalue weighted by Crippen LogP contribution is -2.07. The first kappa shape index (κ1) is 13.8. The molecule has 1 aromatic carbocycles. The summed E-state index contributed by atoms with van der Waals surface area (Å²) in [6.45, 7) is 4.40. The van der Waals surface area contributed by atoms with Crippen molar-refractivity contribution in [3.63, 3.8) is 0 Å². The highest BCUT2D eigenvalue weighted by atomic mass is 32.2. The van der Waals surface area contributed by atoms with Gasteiger partial charge in [-0.25, -0.2) is 4.98 Å². The molecular formula is C13H14N4S3. The van der Waals surface area contributed by atoms with Gasteiger partial charge in [0.15, 0.2) is 4.34 Å². The van der Waals surface area contributed by atoms with Gasteiger partial charge < -0.3 is 5.73 Å². The second kappa shape index (κ2) is 5.67. The van der Waals surface area contributed by atoms with Gasteiger partial charge in [-0.05, 0) is 12.1 Å². The van der Waals surface area contributed by atoms with E-state index in [1.54, 1.807) is 23.1 Å². The number of thiazole rings is 1. The lowest BCUT2D eigenvalue weighted by molar-refractivity contribution is 0.744. The van der Waals surface area contributed by atoms with Crippen LogP contribution in [0.4, 0.5) is 5.13 Å². The van der Waals surface area contributed by atoms with Crippen LogP contribution in [0, 0.1) is 0 Å². The molecule has 0 aliphatic rings. The molecule has 2 heterocycles. The van der Waals surface area contributed by atoms with E-state index in [1.165, 1.54) is 21.0 Å². The number of nitrogens with two attached hydrogens (primary N) is 1. The molecule has 0 fully saturated rings. The summed E-state index contributed by atoms with van der Waals surface area (Å²) in [5.74, 6) is 0.363. The third-order valence-electron chi connectivity index (χ3n) is 3.11.